The zero-order valence-electron chi connectivity index (χ0n) is 11.3. The van der Waals surface area contributed by atoms with Crippen molar-refractivity contribution < 1.29 is 14.3 Å². The molecule has 0 aromatic heterocycles. The molecule has 0 saturated heterocycles. The molecule has 20 heavy (non-hydrogen) atoms. The van der Waals surface area contributed by atoms with Gasteiger partial charge < -0.3 is 10.1 Å². The maximum Gasteiger partial charge on any atom is 0.325 e. The highest BCUT2D eigenvalue weighted by atomic mass is 32.1. The van der Waals surface area contributed by atoms with Crippen LogP contribution in [-0.4, -0.2) is 30.8 Å². The standard InChI is InChI=1S/C15H19NO3S/c17-14(19-6-3-7-20)10-16-15(18)13-8-11-4-1-2-5-12(11)9-13/h1-2,4-5,13,20H,3,6-10H2,(H,16,18). The second kappa shape index (κ2) is 7.33. The smallest absolute Gasteiger partial charge is 0.325 e. The van der Waals surface area contributed by atoms with Gasteiger partial charge in [-0.1, -0.05) is 24.3 Å². The molecule has 0 spiro atoms. The van der Waals surface area contributed by atoms with Crippen LogP contribution in [0.3, 0.4) is 0 Å². The summed E-state index contributed by atoms with van der Waals surface area (Å²) < 4.78 is 4.95. The first-order chi connectivity index (χ1) is 9.70. The van der Waals surface area contributed by atoms with Crippen molar-refractivity contribution in [2.45, 2.75) is 19.3 Å². The average Bonchev–Trinajstić information content (AvgIpc) is 2.89. The Labute approximate surface area is 124 Å². The van der Waals surface area contributed by atoms with Gasteiger partial charge in [0.25, 0.3) is 0 Å². The maximum absolute atomic E-state index is 12.0. The van der Waals surface area contributed by atoms with Crippen LogP contribution in [0.5, 0.6) is 0 Å². The molecular formula is C15H19NO3S. The Morgan fingerprint density at radius 1 is 1.25 bits per heavy atom. The number of rotatable bonds is 6. The van der Waals surface area contributed by atoms with Crippen molar-refractivity contribution in [1.82, 2.24) is 5.32 Å². The van der Waals surface area contributed by atoms with Crippen molar-refractivity contribution in [3.05, 3.63) is 35.4 Å². The van der Waals surface area contributed by atoms with Crippen LogP contribution < -0.4 is 5.32 Å². The minimum Gasteiger partial charge on any atom is -0.464 e. The third kappa shape index (κ3) is 4.00. The van der Waals surface area contributed by atoms with Crippen LogP contribution in [0.25, 0.3) is 0 Å². The Bertz CT molecular complexity index is 465. The number of nitrogens with one attached hydrogen (secondary N) is 1. The predicted molar refractivity (Wildman–Crippen MR) is 79.8 cm³/mol. The van der Waals surface area contributed by atoms with Crippen LogP contribution in [0.1, 0.15) is 17.5 Å². The second-order valence-electron chi connectivity index (χ2n) is 4.89. The summed E-state index contributed by atoms with van der Waals surface area (Å²) in [5.41, 5.74) is 2.45. The number of ether oxygens (including phenoxy) is 1. The van der Waals surface area contributed by atoms with E-state index in [9.17, 15) is 9.59 Å². The molecule has 108 valence electrons. The first-order valence-electron chi connectivity index (χ1n) is 6.81. The van der Waals surface area contributed by atoms with E-state index >= 15 is 0 Å². The first kappa shape index (κ1) is 14.9. The highest BCUT2D eigenvalue weighted by Crippen LogP contribution is 2.26. The number of esters is 1. The van der Waals surface area contributed by atoms with Crippen molar-refractivity contribution >= 4 is 24.5 Å². The molecule has 5 heteroatoms. The van der Waals surface area contributed by atoms with E-state index in [0.717, 1.165) is 19.3 Å². The lowest BCUT2D eigenvalue weighted by Crippen LogP contribution is -2.35. The van der Waals surface area contributed by atoms with Gasteiger partial charge in [-0.3, -0.25) is 9.59 Å². The molecule has 1 aliphatic rings. The molecule has 2 rings (SSSR count). The van der Waals surface area contributed by atoms with Gasteiger partial charge in [-0.2, -0.15) is 12.6 Å². The molecule has 4 nitrogen and oxygen atoms in total. The molecule has 0 unspecified atom stereocenters. The molecular weight excluding hydrogens is 274 g/mol. The monoisotopic (exact) mass is 293 g/mol. The summed E-state index contributed by atoms with van der Waals surface area (Å²) in [4.78, 5) is 23.4. The van der Waals surface area contributed by atoms with Gasteiger partial charge >= 0.3 is 5.97 Å². The molecule has 1 N–H and O–H groups in total. The second-order valence-corrected chi connectivity index (χ2v) is 5.34. The van der Waals surface area contributed by atoms with Crippen LogP contribution in [0.4, 0.5) is 0 Å². The number of amides is 1. The van der Waals surface area contributed by atoms with Gasteiger partial charge in [-0.25, -0.2) is 0 Å². The number of hydrogen-bond acceptors (Lipinski definition) is 4. The summed E-state index contributed by atoms with van der Waals surface area (Å²) in [5, 5.41) is 2.65. The summed E-state index contributed by atoms with van der Waals surface area (Å²) in [6, 6.07) is 8.07. The van der Waals surface area contributed by atoms with Crippen molar-refractivity contribution in [3.63, 3.8) is 0 Å². The van der Waals surface area contributed by atoms with Gasteiger partial charge in [0, 0.05) is 5.92 Å². The number of thiol groups is 1. The molecule has 0 radical (unpaired) electrons. The molecule has 0 fully saturated rings. The van der Waals surface area contributed by atoms with E-state index < -0.39 is 5.97 Å². The van der Waals surface area contributed by atoms with E-state index in [2.05, 4.69) is 17.9 Å². The fraction of sp³-hybridized carbons (Fsp3) is 0.467. The SMILES string of the molecule is O=C(CNC(=O)C1Cc2ccccc2C1)OCCCS. The molecule has 0 heterocycles. The average molecular weight is 293 g/mol. The van der Waals surface area contributed by atoms with Gasteiger partial charge in [-0.05, 0) is 36.1 Å². The molecule has 1 amide bonds. The minimum absolute atomic E-state index is 0.0573. The van der Waals surface area contributed by atoms with Gasteiger partial charge in [-0.15, -0.1) is 0 Å². The molecule has 0 atom stereocenters. The lowest BCUT2D eigenvalue weighted by atomic mass is 10.1. The van der Waals surface area contributed by atoms with Crippen LogP contribution in [0, 0.1) is 5.92 Å². The number of benzene rings is 1. The fourth-order valence-electron chi connectivity index (χ4n) is 2.35. The van der Waals surface area contributed by atoms with Crippen molar-refractivity contribution in [3.8, 4) is 0 Å². The minimum atomic E-state index is -0.393. The number of carbonyl (C=O) groups is 2. The summed E-state index contributed by atoms with van der Waals surface area (Å²) in [6.45, 7) is 0.297. The number of hydrogen-bond donors (Lipinski definition) is 2. The zero-order chi connectivity index (χ0) is 14.4. The largest absolute Gasteiger partial charge is 0.464 e. The van der Waals surface area contributed by atoms with E-state index in [1.54, 1.807) is 0 Å². The molecule has 0 bridgehead atoms. The van der Waals surface area contributed by atoms with E-state index in [1.807, 2.05) is 24.3 Å². The Kier molecular flexibility index (Phi) is 5.47. The highest BCUT2D eigenvalue weighted by Gasteiger charge is 2.27. The quantitative estimate of drug-likeness (QED) is 0.473. The van der Waals surface area contributed by atoms with Gasteiger partial charge in [0.15, 0.2) is 0 Å². The van der Waals surface area contributed by atoms with Gasteiger partial charge in [0.1, 0.15) is 6.54 Å². The van der Waals surface area contributed by atoms with Crippen LogP contribution in [-0.2, 0) is 27.2 Å². The van der Waals surface area contributed by atoms with Gasteiger partial charge in [0.2, 0.25) is 5.91 Å². The normalized spacial score (nSPS) is 13.8. The van der Waals surface area contributed by atoms with E-state index in [-0.39, 0.29) is 18.4 Å². The Morgan fingerprint density at radius 3 is 2.50 bits per heavy atom. The van der Waals surface area contributed by atoms with Crippen LogP contribution in [0.15, 0.2) is 24.3 Å². The molecule has 0 aliphatic heterocycles. The molecule has 0 saturated carbocycles. The van der Waals surface area contributed by atoms with Crippen LogP contribution in [0.2, 0.25) is 0 Å². The molecule has 1 aromatic rings. The summed E-state index contributed by atoms with van der Waals surface area (Å²) in [6.07, 6.45) is 2.22. The van der Waals surface area contributed by atoms with Crippen molar-refractivity contribution in [2.24, 2.45) is 5.92 Å². The summed E-state index contributed by atoms with van der Waals surface area (Å²) >= 11 is 4.03. The van der Waals surface area contributed by atoms with Crippen molar-refractivity contribution in [2.75, 3.05) is 18.9 Å². The third-order valence-electron chi connectivity index (χ3n) is 3.39. The lowest BCUT2D eigenvalue weighted by Gasteiger charge is -2.10. The third-order valence-corrected chi connectivity index (χ3v) is 3.71. The van der Waals surface area contributed by atoms with Crippen molar-refractivity contribution in [1.29, 1.82) is 0 Å². The topological polar surface area (TPSA) is 55.4 Å². The Morgan fingerprint density at radius 2 is 1.90 bits per heavy atom. The summed E-state index contributed by atoms with van der Waals surface area (Å²) in [5.74, 6) is 0.139. The maximum atomic E-state index is 12.0. The predicted octanol–water partition coefficient (Wildman–Crippen LogP) is 1.38. The van der Waals surface area contributed by atoms with E-state index in [1.165, 1.54) is 11.1 Å². The summed E-state index contributed by atoms with van der Waals surface area (Å²) in [7, 11) is 0. The van der Waals surface area contributed by atoms with Gasteiger partial charge in [0.05, 0.1) is 6.61 Å². The van der Waals surface area contributed by atoms with Crippen LogP contribution >= 0.6 is 12.6 Å². The Hall–Kier alpha value is -1.49. The Balaban J connectivity index is 1.73. The first-order valence-corrected chi connectivity index (χ1v) is 7.45. The fourth-order valence-corrected chi connectivity index (χ4v) is 2.48. The molecule has 1 aromatic carbocycles. The lowest BCUT2D eigenvalue weighted by molar-refractivity contribution is -0.144. The number of carbonyl (C=O) groups excluding carboxylic acids is 2. The number of fused-ring (bicyclic) bond motifs is 1. The highest BCUT2D eigenvalue weighted by molar-refractivity contribution is 7.80. The van der Waals surface area contributed by atoms with E-state index in [4.69, 9.17) is 4.74 Å². The van der Waals surface area contributed by atoms with E-state index in [0.29, 0.717) is 12.4 Å². The zero-order valence-corrected chi connectivity index (χ0v) is 12.2. The molecule has 1 aliphatic carbocycles.